The Labute approximate surface area is 125 Å². The summed E-state index contributed by atoms with van der Waals surface area (Å²) < 4.78 is 5.37. The Bertz CT molecular complexity index is 567. The zero-order chi connectivity index (χ0) is 15.1. The van der Waals surface area contributed by atoms with Crippen molar-refractivity contribution < 1.29 is 14.9 Å². The SMILES string of the molecule is CCOc1cccc(CNc2ccc(CCO)cc2)c1O. The first kappa shape index (κ1) is 15.2. The van der Waals surface area contributed by atoms with Gasteiger partial charge in [-0.3, -0.25) is 0 Å². The molecule has 0 saturated heterocycles. The zero-order valence-electron chi connectivity index (χ0n) is 12.2. The lowest BCUT2D eigenvalue weighted by molar-refractivity contribution is 0.299. The quantitative estimate of drug-likeness (QED) is 0.732. The standard InChI is InChI=1S/C17H21NO3/c1-2-21-16-5-3-4-14(17(16)20)12-18-15-8-6-13(7-9-15)10-11-19/h3-9,18-20H,2,10-12H2,1H3. The molecule has 2 rings (SSSR count). The van der Waals surface area contributed by atoms with Gasteiger partial charge >= 0.3 is 0 Å². The van der Waals surface area contributed by atoms with Gasteiger partial charge in [0.15, 0.2) is 11.5 Å². The normalized spacial score (nSPS) is 10.4. The van der Waals surface area contributed by atoms with Gasteiger partial charge in [0.25, 0.3) is 0 Å². The number of rotatable bonds is 7. The first-order valence-electron chi connectivity index (χ1n) is 7.12. The molecular weight excluding hydrogens is 266 g/mol. The third kappa shape index (κ3) is 4.13. The molecule has 0 amide bonds. The fraction of sp³-hybridized carbons (Fsp3) is 0.294. The first-order chi connectivity index (χ1) is 10.2. The van der Waals surface area contributed by atoms with Crippen molar-refractivity contribution in [2.75, 3.05) is 18.5 Å². The second-order valence-electron chi connectivity index (χ2n) is 4.72. The molecule has 21 heavy (non-hydrogen) atoms. The van der Waals surface area contributed by atoms with Gasteiger partial charge in [-0.15, -0.1) is 0 Å². The summed E-state index contributed by atoms with van der Waals surface area (Å²) in [5.74, 6) is 0.693. The Morgan fingerprint density at radius 3 is 2.52 bits per heavy atom. The van der Waals surface area contributed by atoms with Crippen molar-refractivity contribution in [3.8, 4) is 11.5 Å². The number of phenolic OH excluding ortho intramolecular Hbond substituents is 1. The average Bonchev–Trinajstić information content (AvgIpc) is 2.50. The summed E-state index contributed by atoms with van der Waals surface area (Å²) in [4.78, 5) is 0. The van der Waals surface area contributed by atoms with Crippen molar-refractivity contribution in [1.29, 1.82) is 0 Å². The molecule has 3 N–H and O–H groups in total. The van der Waals surface area contributed by atoms with Gasteiger partial charge in [-0.2, -0.15) is 0 Å². The van der Waals surface area contributed by atoms with Crippen LogP contribution in [0.3, 0.4) is 0 Å². The number of benzene rings is 2. The maximum Gasteiger partial charge on any atom is 0.162 e. The van der Waals surface area contributed by atoms with Crippen molar-refractivity contribution in [3.63, 3.8) is 0 Å². The van der Waals surface area contributed by atoms with Crippen LogP contribution in [0, 0.1) is 0 Å². The minimum atomic E-state index is 0.158. The molecule has 2 aromatic carbocycles. The van der Waals surface area contributed by atoms with Crippen molar-refractivity contribution in [2.45, 2.75) is 19.9 Å². The van der Waals surface area contributed by atoms with E-state index in [1.807, 2.05) is 43.3 Å². The Morgan fingerprint density at radius 2 is 1.86 bits per heavy atom. The molecule has 0 aliphatic carbocycles. The Kier molecular flexibility index (Phi) is 5.46. The number of nitrogens with one attached hydrogen (secondary N) is 1. The van der Waals surface area contributed by atoms with Crippen molar-refractivity contribution in [2.24, 2.45) is 0 Å². The number of phenols is 1. The van der Waals surface area contributed by atoms with Gasteiger partial charge in [0.1, 0.15) is 0 Å². The van der Waals surface area contributed by atoms with Crippen molar-refractivity contribution >= 4 is 5.69 Å². The summed E-state index contributed by atoms with van der Waals surface area (Å²) in [6.45, 7) is 3.09. The number of anilines is 1. The Hall–Kier alpha value is -2.20. The Balaban J connectivity index is 2.01. The molecule has 0 saturated carbocycles. The maximum atomic E-state index is 10.1. The van der Waals surface area contributed by atoms with E-state index in [9.17, 15) is 5.11 Å². The van der Waals surface area contributed by atoms with E-state index in [0.717, 1.165) is 16.8 Å². The molecule has 0 radical (unpaired) electrons. The highest BCUT2D eigenvalue weighted by Gasteiger charge is 2.07. The van der Waals surface area contributed by atoms with E-state index in [4.69, 9.17) is 9.84 Å². The predicted octanol–water partition coefficient (Wildman–Crippen LogP) is 2.94. The van der Waals surface area contributed by atoms with Crippen LogP contribution in [0.15, 0.2) is 42.5 Å². The van der Waals surface area contributed by atoms with E-state index < -0.39 is 0 Å². The molecule has 0 aromatic heterocycles. The van der Waals surface area contributed by atoms with Gasteiger partial charge in [0.2, 0.25) is 0 Å². The molecule has 4 heteroatoms. The van der Waals surface area contributed by atoms with Crippen molar-refractivity contribution in [3.05, 3.63) is 53.6 Å². The first-order valence-corrected chi connectivity index (χ1v) is 7.12. The lowest BCUT2D eigenvalue weighted by Crippen LogP contribution is -2.01. The largest absolute Gasteiger partial charge is 0.504 e. The molecule has 0 aliphatic rings. The minimum Gasteiger partial charge on any atom is -0.504 e. The molecular formula is C17H21NO3. The summed E-state index contributed by atoms with van der Waals surface area (Å²) in [6, 6.07) is 13.4. The van der Waals surface area contributed by atoms with Crippen LogP contribution in [0.1, 0.15) is 18.1 Å². The highest BCUT2D eigenvalue weighted by Crippen LogP contribution is 2.30. The van der Waals surface area contributed by atoms with Crippen LogP contribution in [-0.2, 0) is 13.0 Å². The number of para-hydroxylation sites is 1. The summed E-state index contributed by atoms with van der Waals surface area (Å²) >= 11 is 0. The third-order valence-corrected chi connectivity index (χ3v) is 3.22. The summed E-state index contributed by atoms with van der Waals surface area (Å²) in [7, 11) is 0. The summed E-state index contributed by atoms with van der Waals surface area (Å²) in [6.07, 6.45) is 0.664. The molecule has 4 nitrogen and oxygen atoms in total. The number of ether oxygens (including phenoxy) is 1. The molecule has 0 heterocycles. The second kappa shape index (κ2) is 7.55. The van der Waals surface area contributed by atoms with Gasteiger partial charge in [-0.1, -0.05) is 24.3 Å². The lowest BCUT2D eigenvalue weighted by atomic mass is 10.1. The molecule has 0 atom stereocenters. The number of aliphatic hydroxyl groups excluding tert-OH is 1. The Morgan fingerprint density at radius 1 is 1.10 bits per heavy atom. The van der Waals surface area contributed by atoms with Crippen molar-refractivity contribution in [1.82, 2.24) is 0 Å². The second-order valence-corrected chi connectivity index (χ2v) is 4.72. The van der Waals surface area contributed by atoms with Crippen LogP contribution < -0.4 is 10.1 Å². The fourth-order valence-electron chi connectivity index (χ4n) is 2.10. The third-order valence-electron chi connectivity index (χ3n) is 3.22. The minimum absolute atomic E-state index is 0.158. The average molecular weight is 287 g/mol. The van der Waals surface area contributed by atoms with Gasteiger partial charge in [-0.05, 0) is 37.1 Å². The van der Waals surface area contributed by atoms with Gasteiger partial charge in [0, 0.05) is 24.4 Å². The van der Waals surface area contributed by atoms with Gasteiger partial charge in [0.05, 0.1) is 6.61 Å². The van der Waals surface area contributed by atoms with E-state index in [1.165, 1.54) is 0 Å². The van der Waals surface area contributed by atoms with Crippen LogP contribution in [0.5, 0.6) is 11.5 Å². The smallest absolute Gasteiger partial charge is 0.162 e. The molecule has 0 fully saturated rings. The number of aromatic hydroxyl groups is 1. The van der Waals surface area contributed by atoms with E-state index in [0.29, 0.717) is 25.3 Å². The van der Waals surface area contributed by atoms with Crippen LogP contribution >= 0.6 is 0 Å². The molecule has 0 bridgehead atoms. The predicted molar refractivity (Wildman–Crippen MR) is 83.8 cm³/mol. The van der Waals surface area contributed by atoms with E-state index in [-0.39, 0.29) is 12.4 Å². The monoisotopic (exact) mass is 287 g/mol. The molecule has 112 valence electrons. The molecule has 2 aromatic rings. The molecule has 0 unspecified atom stereocenters. The summed E-state index contributed by atoms with van der Waals surface area (Å²) in [5.41, 5.74) is 2.86. The number of hydrogen-bond acceptors (Lipinski definition) is 4. The van der Waals surface area contributed by atoms with E-state index in [2.05, 4.69) is 5.32 Å². The zero-order valence-corrected chi connectivity index (χ0v) is 12.2. The number of aliphatic hydroxyl groups is 1. The van der Waals surface area contributed by atoms with E-state index in [1.54, 1.807) is 6.07 Å². The summed E-state index contributed by atoms with van der Waals surface area (Å²) in [5, 5.41) is 22.3. The van der Waals surface area contributed by atoms with E-state index >= 15 is 0 Å². The van der Waals surface area contributed by atoms with Gasteiger partial charge < -0.3 is 20.3 Å². The molecule has 0 aliphatic heterocycles. The fourth-order valence-corrected chi connectivity index (χ4v) is 2.10. The number of hydrogen-bond donors (Lipinski definition) is 3. The van der Waals surface area contributed by atoms with Crippen LogP contribution in [-0.4, -0.2) is 23.4 Å². The van der Waals surface area contributed by atoms with Crippen LogP contribution in [0.25, 0.3) is 0 Å². The van der Waals surface area contributed by atoms with Crippen LogP contribution in [0.4, 0.5) is 5.69 Å². The highest BCUT2D eigenvalue weighted by atomic mass is 16.5. The van der Waals surface area contributed by atoms with Gasteiger partial charge in [-0.25, -0.2) is 0 Å². The topological polar surface area (TPSA) is 61.7 Å². The maximum absolute atomic E-state index is 10.1. The van der Waals surface area contributed by atoms with Crippen LogP contribution in [0.2, 0.25) is 0 Å². The highest BCUT2D eigenvalue weighted by molar-refractivity contribution is 5.49. The lowest BCUT2D eigenvalue weighted by Gasteiger charge is -2.12. The molecule has 0 spiro atoms.